The van der Waals surface area contributed by atoms with Gasteiger partial charge < -0.3 is 14.7 Å². The lowest BCUT2D eigenvalue weighted by Gasteiger charge is -2.27. The third kappa shape index (κ3) is 5.73. The number of amides is 3. The van der Waals surface area contributed by atoms with Gasteiger partial charge in [0.1, 0.15) is 5.41 Å². The van der Waals surface area contributed by atoms with Crippen LogP contribution in [0.3, 0.4) is 0 Å². The lowest BCUT2D eigenvalue weighted by atomic mass is 9.90. The topological polar surface area (TPSA) is 73.8 Å². The summed E-state index contributed by atoms with van der Waals surface area (Å²) in [5.74, 6) is -0.531. The van der Waals surface area contributed by atoms with Gasteiger partial charge in [-0.15, -0.1) is 12.4 Å². The van der Waals surface area contributed by atoms with Crippen LogP contribution in [0.1, 0.15) is 47.8 Å². The van der Waals surface area contributed by atoms with Crippen LogP contribution in [0.2, 0.25) is 0 Å². The summed E-state index contributed by atoms with van der Waals surface area (Å²) in [6, 6.07) is 17.2. The number of benzene rings is 2. The summed E-state index contributed by atoms with van der Waals surface area (Å²) in [7, 11) is 1.71. The molecule has 0 saturated carbocycles. The molecular weight excluding hydrogens is 500 g/mol. The zero-order chi connectivity index (χ0) is 26.7. The number of anilines is 2. The molecule has 38 heavy (non-hydrogen) atoms. The second kappa shape index (κ2) is 11.8. The van der Waals surface area contributed by atoms with Gasteiger partial charge in [0.05, 0.1) is 11.4 Å². The molecule has 4 rings (SSSR count). The van der Waals surface area contributed by atoms with E-state index in [-0.39, 0.29) is 30.1 Å². The predicted octanol–water partition coefficient (Wildman–Crippen LogP) is 5.05. The van der Waals surface area contributed by atoms with Crippen molar-refractivity contribution in [2.24, 2.45) is 5.41 Å². The Kier molecular flexibility index (Phi) is 8.94. The molecule has 7 nitrogen and oxygen atoms in total. The van der Waals surface area contributed by atoms with Crippen molar-refractivity contribution in [2.45, 2.75) is 40.7 Å². The lowest BCUT2D eigenvalue weighted by molar-refractivity contribution is -0.137. The summed E-state index contributed by atoms with van der Waals surface area (Å²) in [6.07, 6.45) is 4.22. The molecule has 3 aromatic rings. The second-order valence-corrected chi connectivity index (χ2v) is 10.1. The lowest BCUT2D eigenvalue weighted by Crippen LogP contribution is -2.47. The van der Waals surface area contributed by atoms with Gasteiger partial charge in [-0.3, -0.25) is 19.4 Å². The zero-order valence-electron chi connectivity index (χ0n) is 22.6. The number of rotatable bonds is 7. The number of fused-ring (bicyclic) bond motifs is 1. The first kappa shape index (κ1) is 28.9. The number of carbonyl (C=O) groups is 3. The Morgan fingerprint density at radius 1 is 0.974 bits per heavy atom. The van der Waals surface area contributed by atoms with Crippen LogP contribution in [0.5, 0.6) is 0 Å². The summed E-state index contributed by atoms with van der Waals surface area (Å²) in [4.78, 5) is 49.2. The third-order valence-electron chi connectivity index (χ3n) is 6.98. The third-order valence-corrected chi connectivity index (χ3v) is 6.98. The predicted molar refractivity (Wildman–Crippen MR) is 153 cm³/mol. The van der Waals surface area contributed by atoms with E-state index in [0.29, 0.717) is 43.0 Å². The van der Waals surface area contributed by atoms with Gasteiger partial charge in [-0.2, -0.15) is 0 Å². The van der Waals surface area contributed by atoms with Crippen molar-refractivity contribution in [1.82, 2.24) is 9.88 Å². The highest BCUT2D eigenvalue weighted by Crippen LogP contribution is 2.39. The average Bonchev–Trinajstić information content (AvgIpc) is 2.95. The number of aromatic nitrogens is 1. The molecule has 1 aromatic heterocycles. The summed E-state index contributed by atoms with van der Waals surface area (Å²) in [6.45, 7) is 8.57. The van der Waals surface area contributed by atoms with Gasteiger partial charge in [0.15, 0.2) is 0 Å². The molecule has 2 aromatic carbocycles. The van der Waals surface area contributed by atoms with E-state index < -0.39 is 5.41 Å². The summed E-state index contributed by atoms with van der Waals surface area (Å²) in [5, 5.41) is 0. The first-order chi connectivity index (χ1) is 17.6. The van der Waals surface area contributed by atoms with Crippen LogP contribution >= 0.6 is 12.4 Å². The Morgan fingerprint density at radius 2 is 1.68 bits per heavy atom. The number of hydrogen-bond acceptors (Lipinski definition) is 4. The monoisotopic (exact) mass is 534 g/mol. The standard InChI is InChI=1S/C30H34N4O3.ClH/c1-6-34-25-14-11-23(18-26(25)32(5)28(36)30(3,4)29(34)37)20-33(17-15-22-8-7-16-31-19-22)27(35)24-12-9-21(2)10-13-24;/h7-14,16,18-19H,6,15,17,20H2,1-5H3;1H. The highest BCUT2D eigenvalue weighted by atomic mass is 35.5. The maximum Gasteiger partial charge on any atom is 0.254 e. The van der Waals surface area contributed by atoms with Crippen molar-refractivity contribution >= 4 is 41.5 Å². The van der Waals surface area contributed by atoms with Gasteiger partial charge in [0.2, 0.25) is 11.8 Å². The molecule has 0 N–H and O–H groups in total. The second-order valence-electron chi connectivity index (χ2n) is 10.1. The van der Waals surface area contributed by atoms with Gasteiger partial charge in [-0.1, -0.05) is 29.8 Å². The van der Waals surface area contributed by atoms with Crippen LogP contribution in [0, 0.1) is 12.3 Å². The van der Waals surface area contributed by atoms with Gasteiger partial charge in [-0.25, -0.2) is 0 Å². The Labute approximate surface area is 230 Å². The average molecular weight is 535 g/mol. The summed E-state index contributed by atoms with van der Waals surface area (Å²) < 4.78 is 0. The van der Waals surface area contributed by atoms with Crippen LogP contribution in [0.15, 0.2) is 67.0 Å². The Hall–Kier alpha value is -3.71. The van der Waals surface area contributed by atoms with E-state index in [1.165, 1.54) is 0 Å². The van der Waals surface area contributed by atoms with Crippen molar-refractivity contribution in [1.29, 1.82) is 0 Å². The molecule has 0 radical (unpaired) electrons. The van der Waals surface area contributed by atoms with Crippen LogP contribution < -0.4 is 9.80 Å². The fraction of sp³-hybridized carbons (Fsp3) is 0.333. The molecule has 0 fully saturated rings. The number of hydrogen-bond donors (Lipinski definition) is 0. The number of carbonyl (C=O) groups excluding carboxylic acids is 3. The molecule has 0 saturated heterocycles. The van der Waals surface area contributed by atoms with Gasteiger partial charge >= 0.3 is 0 Å². The van der Waals surface area contributed by atoms with Crippen molar-refractivity contribution in [3.05, 3.63) is 89.2 Å². The number of halogens is 1. The summed E-state index contributed by atoms with van der Waals surface area (Å²) in [5.41, 5.74) is 3.85. The van der Waals surface area contributed by atoms with E-state index in [0.717, 1.165) is 16.7 Å². The number of nitrogens with zero attached hydrogens (tertiary/aromatic N) is 4. The molecule has 0 atom stereocenters. The molecule has 200 valence electrons. The fourth-order valence-corrected chi connectivity index (χ4v) is 4.71. The van der Waals surface area contributed by atoms with E-state index in [1.807, 2.05) is 79.5 Å². The van der Waals surface area contributed by atoms with Crippen LogP contribution in [0.4, 0.5) is 11.4 Å². The Morgan fingerprint density at radius 3 is 2.32 bits per heavy atom. The van der Waals surface area contributed by atoms with Crippen molar-refractivity contribution in [2.75, 3.05) is 29.9 Å². The zero-order valence-corrected chi connectivity index (χ0v) is 23.4. The normalized spacial score (nSPS) is 14.4. The van der Waals surface area contributed by atoms with Crippen LogP contribution in [-0.2, 0) is 22.6 Å². The van der Waals surface area contributed by atoms with Gasteiger partial charge in [-0.05, 0) is 75.6 Å². The number of aryl methyl sites for hydroxylation is 1. The van der Waals surface area contributed by atoms with E-state index in [2.05, 4.69) is 4.98 Å². The van der Waals surface area contributed by atoms with E-state index in [9.17, 15) is 14.4 Å². The minimum absolute atomic E-state index is 0. The molecule has 1 aliphatic heterocycles. The van der Waals surface area contributed by atoms with Crippen LogP contribution in [-0.4, -0.2) is 47.7 Å². The van der Waals surface area contributed by atoms with Crippen molar-refractivity contribution < 1.29 is 14.4 Å². The van der Waals surface area contributed by atoms with Crippen molar-refractivity contribution in [3.8, 4) is 0 Å². The largest absolute Gasteiger partial charge is 0.334 e. The highest BCUT2D eigenvalue weighted by Gasteiger charge is 2.45. The molecule has 0 bridgehead atoms. The molecule has 0 aliphatic carbocycles. The molecular formula is C30H35ClN4O3. The quantitative estimate of drug-likeness (QED) is 0.397. The van der Waals surface area contributed by atoms with Crippen LogP contribution in [0.25, 0.3) is 0 Å². The molecule has 0 unspecified atom stereocenters. The number of pyridine rings is 1. The highest BCUT2D eigenvalue weighted by molar-refractivity contribution is 6.19. The smallest absolute Gasteiger partial charge is 0.254 e. The first-order valence-corrected chi connectivity index (χ1v) is 12.6. The molecule has 2 heterocycles. The van der Waals surface area contributed by atoms with E-state index in [4.69, 9.17) is 0 Å². The van der Waals surface area contributed by atoms with Crippen molar-refractivity contribution in [3.63, 3.8) is 0 Å². The Bertz CT molecular complexity index is 1310. The minimum Gasteiger partial charge on any atom is -0.334 e. The maximum absolute atomic E-state index is 13.6. The maximum atomic E-state index is 13.6. The molecule has 1 aliphatic rings. The van der Waals surface area contributed by atoms with Gasteiger partial charge in [0, 0.05) is 44.6 Å². The van der Waals surface area contributed by atoms with Gasteiger partial charge in [0.25, 0.3) is 5.91 Å². The van der Waals surface area contributed by atoms with E-state index in [1.54, 1.807) is 36.9 Å². The molecule has 3 amide bonds. The van der Waals surface area contributed by atoms with E-state index >= 15 is 0 Å². The fourth-order valence-electron chi connectivity index (χ4n) is 4.71. The summed E-state index contributed by atoms with van der Waals surface area (Å²) >= 11 is 0. The molecule has 8 heteroatoms. The first-order valence-electron chi connectivity index (χ1n) is 12.6. The SMILES string of the molecule is CCN1C(=O)C(C)(C)C(=O)N(C)c2cc(CN(CCc3cccnc3)C(=O)c3ccc(C)cc3)ccc21.Cl. The minimum atomic E-state index is -1.17. The Balaban J connectivity index is 0.00000400. The molecule has 0 spiro atoms.